The van der Waals surface area contributed by atoms with Crippen molar-refractivity contribution < 1.29 is 16.4 Å². The average molecular weight is 1450 g/mol. The first kappa shape index (κ1) is 77.6. The fraction of sp³-hybridized carbons (Fsp3) is 0. The Morgan fingerprint density at radius 3 is 0.577 bits per heavy atom. The van der Waals surface area contributed by atoms with Crippen LogP contribution in [0.2, 0.25) is 0 Å². The lowest BCUT2D eigenvalue weighted by molar-refractivity contribution is 0.823. The number of nitrogens with zero attached hydrogens (tertiary/aromatic N) is 12. The van der Waals surface area contributed by atoms with E-state index in [0.29, 0.717) is 66.8 Å². The van der Waals surface area contributed by atoms with Crippen molar-refractivity contribution in [3.05, 3.63) is 429 Å². The zero-order valence-electron chi connectivity index (χ0n) is 59.1. The smallest absolute Gasteiger partial charge is 0.263 e. The molecule has 0 unspecified atom stereocenters. The molecule has 0 saturated heterocycles. The highest BCUT2D eigenvalue weighted by Crippen LogP contribution is 2.31. The third kappa shape index (κ3) is 17.7. The predicted octanol–water partition coefficient (Wildman–Crippen LogP) is 15.3. The maximum absolute atomic E-state index is 13.3. The fourth-order valence-electron chi connectivity index (χ4n) is 12.2. The molecule has 8 heterocycles. The maximum atomic E-state index is 13.3. The summed E-state index contributed by atoms with van der Waals surface area (Å²) in [5, 5.41) is 37.9. The van der Waals surface area contributed by atoms with Gasteiger partial charge in [-0.05, 0) is 146 Å². The van der Waals surface area contributed by atoms with E-state index in [1.54, 1.807) is 165 Å². The molecule has 0 aliphatic carbocycles. The van der Waals surface area contributed by atoms with Crippen molar-refractivity contribution >= 4 is 0 Å². The monoisotopic (exact) mass is 1450 g/mol. The molecule has 0 radical (unpaired) electrons. The molecule has 0 bridgehead atoms. The summed E-state index contributed by atoms with van der Waals surface area (Å²) in [4.78, 5) is 70.7. The first-order valence-electron chi connectivity index (χ1n) is 34.0. The van der Waals surface area contributed by atoms with Gasteiger partial charge < -0.3 is 16.4 Å². The number of benzene rings is 8. The Balaban J connectivity index is 0.000000156. The van der Waals surface area contributed by atoms with Crippen LogP contribution >= 0.6 is 0 Å². The third-order valence-corrected chi connectivity index (χ3v) is 17.4. The summed E-state index contributed by atoms with van der Waals surface area (Å²) in [6.45, 7) is 0. The van der Waals surface area contributed by atoms with Gasteiger partial charge in [0, 0.05) is 139 Å². The molecule has 19 nitrogen and oxygen atoms in total. The van der Waals surface area contributed by atoms with Crippen molar-refractivity contribution in [3.8, 4) is 137 Å². The van der Waals surface area contributed by atoms with Gasteiger partial charge in [-0.3, -0.25) is 57.4 Å². The highest BCUT2D eigenvalue weighted by atomic mass is 16.1. The Morgan fingerprint density at radius 2 is 0.396 bits per heavy atom. The fourth-order valence-corrected chi connectivity index (χ4v) is 12.2. The van der Waals surface area contributed by atoms with Gasteiger partial charge in [-0.25, -0.2) is 0 Å². The highest BCUT2D eigenvalue weighted by molar-refractivity contribution is 5.79. The summed E-state index contributed by atoms with van der Waals surface area (Å²) < 4.78 is 6.42. The van der Waals surface area contributed by atoms with Gasteiger partial charge in [0.2, 0.25) is 0 Å². The molecule has 0 aliphatic heterocycles. The van der Waals surface area contributed by atoms with E-state index in [2.05, 4.69) is 44.2 Å². The largest absolute Gasteiger partial charge is 0.412 e. The Bertz CT molecular complexity index is 5550. The van der Waals surface area contributed by atoms with E-state index in [0.717, 1.165) is 67.8 Å². The van der Waals surface area contributed by atoms with E-state index in [1.807, 2.05) is 218 Å². The molecule has 111 heavy (non-hydrogen) atoms. The van der Waals surface area contributed by atoms with Crippen molar-refractivity contribution in [3.63, 3.8) is 0 Å². The van der Waals surface area contributed by atoms with E-state index in [1.165, 1.54) is 0 Å². The molecule has 8 aromatic carbocycles. The van der Waals surface area contributed by atoms with Crippen LogP contribution in [0.3, 0.4) is 0 Å². The minimum atomic E-state index is -0.177. The van der Waals surface area contributed by atoms with Gasteiger partial charge in [0.05, 0.1) is 69.3 Å². The molecular formula is C92H66N12O7. The molecule has 0 spiro atoms. The molecule has 16 rings (SSSR count). The minimum Gasteiger partial charge on any atom is -0.412 e. The number of hydrogen-bond donors (Lipinski definition) is 0. The molecule has 16 aromatic rings. The van der Waals surface area contributed by atoms with Crippen LogP contribution in [0.4, 0.5) is 0 Å². The second-order valence-corrected chi connectivity index (χ2v) is 24.1. The van der Waals surface area contributed by atoms with Crippen LogP contribution in [0, 0.1) is 45.3 Å². The summed E-state index contributed by atoms with van der Waals surface area (Å²) in [7, 11) is 0. The number of para-hydroxylation sites is 4. The van der Waals surface area contributed by atoms with Crippen LogP contribution in [0.1, 0.15) is 22.3 Å². The predicted molar refractivity (Wildman–Crippen MR) is 433 cm³/mol. The number of aromatic nitrogens is 8. The minimum absolute atomic E-state index is 0. The van der Waals surface area contributed by atoms with E-state index in [-0.39, 0.29) is 38.7 Å². The molecule has 0 amide bonds. The third-order valence-electron chi connectivity index (χ3n) is 17.4. The van der Waals surface area contributed by atoms with Gasteiger partial charge in [-0.2, -0.15) is 21.0 Å². The van der Waals surface area contributed by atoms with Gasteiger partial charge in [0.1, 0.15) is 0 Å². The number of rotatable bonds is 12. The normalized spacial score (nSPS) is 10.1. The van der Waals surface area contributed by atoms with Crippen molar-refractivity contribution in [2.45, 2.75) is 0 Å². The Kier molecular flexibility index (Phi) is 26.0. The van der Waals surface area contributed by atoms with Crippen molar-refractivity contribution in [2.75, 3.05) is 0 Å². The van der Waals surface area contributed by atoms with E-state index >= 15 is 0 Å². The molecular weight excluding hydrogens is 1390 g/mol. The number of pyridine rings is 8. The molecule has 6 N–H and O–H groups in total. The number of hydrogen-bond acceptors (Lipinski definition) is 12. The second-order valence-electron chi connectivity index (χ2n) is 24.1. The molecule has 0 aliphatic rings. The van der Waals surface area contributed by atoms with Crippen LogP contribution in [0.5, 0.6) is 0 Å². The second kappa shape index (κ2) is 37.1. The SMILES string of the molecule is N#Cc1ccccc1-c1cc(-c2ccccn2)cn(-c2ccccc2)c1=O.N#Cc1ccccc1-c1cc(-c2ccccn2)cn(-c2ccccc2)c1=O.N#Cc1ccccc1-c1cc(-c2ccccn2)cn(-c2ccccc2)c1=O.N#Cc1ccccc1-c1cc(-c2ccccn2)cn(-c2ccccc2)c1=O.O.O.O. The average Bonchev–Trinajstić information content (AvgIpc) is 0.796. The summed E-state index contributed by atoms with van der Waals surface area (Å²) in [5.74, 6) is 0. The lowest BCUT2D eigenvalue weighted by Gasteiger charge is -2.13. The van der Waals surface area contributed by atoms with E-state index in [9.17, 15) is 40.2 Å². The Labute approximate surface area is 637 Å². The lowest BCUT2D eigenvalue weighted by atomic mass is 9.99. The van der Waals surface area contributed by atoms with E-state index < -0.39 is 0 Å². The lowest BCUT2D eigenvalue weighted by Crippen LogP contribution is -2.20. The molecule has 8 aromatic heterocycles. The Hall–Kier alpha value is -16.0. The Morgan fingerprint density at radius 1 is 0.216 bits per heavy atom. The van der Waals surface area contributed by atoms with Crippen LogP contribution in [-0.4, -0.2) is 54.6 Å². The van der Waals surface area contributed by atoms with Crippen molar-refractivity contribution in [2.24, 2.45) is 0 Å². The zero-order chi connectivity index (χ0) is 74.6. The van der Waals surface area contributed by atoms with Crippen LogP contribution < -0.4 is 22.2 Å². The van der Waals surface area contributed by atoms with Gasteiger partial charge in [0.15, 0.2) is 0 Å². The topological polar surface area (TPSA) is 329 Å². The van der Waals surface area contributed by atoms with E-state index in [4.69, 9.17) is 0 Å². The molecule has 19 heteroatoms. The first-order chi connectivity index (χ1) is 53.1. The van der Waals surface area contributed by atoms with Gasteiger partial charge in [0.25, 0.3) is 22.2 Å². The first-order valence-corrected chi connectivity index (χ1v) is 34.0. The molecule has 0 fully saturated rings. The summed E-state index contributed by atoms with van der Waals surface area (Å²) in [5.41, 5.74) is 14.8. The van der Waals surface area contributed by atoms with Crippen molar-refractivity contribution in [1.29, 1.82) is 21.0 Å². The summed E-state index contributed by atoms with van der Waals surface area (Å²) in [6, 6.07) is 105. The zero-order valence-corrected chi connectivity index (χ0v) is 59.1. The maximum Gasteiger partial charge on any atom is 0.263 e. The van der Waals surface area contributed by atoms with Crippen LogP contribution in [-0.2, 0) is 0 Å². The van der Waals surface area contributed by atoms with Gasteiger partial charge in [-0.15, -0.1) is 0 Å². The van der Waals surface area contributed by atoms with Gasteiger partial charge in [-0.1, -0.05) is 170 Å². The number of nitriles is 4. The molecule has 0 saturated carbocycles. The molecule has 0 atom stereocenters. The summed E-state index contributed by atoms with van der Waals surface area (Å²) in [6.07, 6.45) is 14.0. The van der Waals surface area contributed by atoms with Crippen LogP contribution in [0.25, 0.3) is 112 Å². The standard InChI is InChI=1S/4C23H15N3O.3H2O/c4*24-15-17-8-4-5-11-20(17)21-14-18(22-12-6-7-13-25-22)16-26(23(21)27)19-9-2-1-3-10-19;;;/h4*1-14,16H;3*1H2. The van der Waals surface area contributed by atoms with Crippen LogP contribution in [0.15, 0.2) is 384 Å². The highest BCUT2D eigenvalue weighted by Gasteiger charge is 2.20. The van der Waals surface area contributed by atoms with Gasteiger partial charge >= 0.3 is 0 Å². The quantitative estimate of drug-likeness (QED) is 0.110. The van der Waals surface area contributed by atoms with Crippen molar-refractivity contribution in [1.82, 2.24) is 38.2 Å². The molecule has 536 valence electrons. The summed E-state index contributed by atoms with van der Waals surface area (Å²) >= 11 is 0.